The van der Waals surface area contributed by atoms with E-state index in [2.05, 4.69) is 5.32 Å². The zero-order chi connectivity index (χ0) is 32.3. The van der Waals surface area contributed by atoms with Crippen molar-refractivity contribution < 1.29 is 47.2 Å². The molecular weight excluding hydrogens is 593 g/mol. The molecule has 12 heteroatoms. The van der Waals surface area contributed by atoms with E-state index in [4.69, 9.17) is 14.2 Å². The molecule has 2 aliphatic rings. The van der Waals surface area contributed by atoms with Gasteiger partial charge in [0.15, 0.2) is 0 Å². The predicted octanol–water partition coefficient (Wildman–Crippen LogP) is 3.73. The van der Waals surface area contributed by atoms with Crippen LogP contribution in [0.2, 0.25) is 0 Å². The summed E-state index contributed by atoms with van der Waals surface area (Å²) in [6.07, 6.45) is -5.13. The molecule has 4 atom stereocenters. The summed E-state index contributed by atoms with van der Waals surface area (Å²) >= 11 is 0. The standard InChI is InChI=1S/C33H33F3N2O7/c1-43-22-11-12-26(44-2)20(17-22)13-15-38(32(42)19-7-9-21(10-8-19)33(34,35)36)25-18-24(31(41)37-14-16-39)28-23-5-3-4-6-27(23)45-30(28)29(25)40/h3-12,17-18,25,28-30,39-40H,13-16H2,1-2H3,(H,37,41). The van der Waals surface area contributed by atoms with E-state index >= 15 is 0 Å². The molecule has 0 saturated carbocycles. The summed E-state index contributed by atoms with van der Waals surface area (Å²) in [6, 6.07) is 14.9. The predicted molar refractivity (Wildman–Crippen MR) is 157 cm³/mol. The minimum absolute atomic E-state index is 0.0164. The maximum atomic E-state index is 14.1. The van der Waals surface area contributed by atoms with Gasteiger partial charge in [0.1, 0.15) is 29.5 Å². The second-order valence-electron chi connectivity index (χ2n) is 10.7. The number of fused-ring (bicyclic) bond motifs is 3. The topological polar surface area (TPSA) is 118 Å². The number of nitrogens with zero attached hydrogens (tertiary/aromatic N) is 1. The highest BCUT2D eigenvalue weighted by Crippen LogP contribution is 2.47. The highest BCUT2D eigenvalue weighted by atomic mass is 19.4. The van der Waals surface area contributed by atoms with Crippen LogP contribution < -0.4 is 19.5 Å². The van der Waals surface area contributed by atoms with Crippen molar-refractivity contribution in [3.63, 3.8) is 0 Å². The van der Waals surface area contributed by atoms with Crippen LogP contribution in [-0.4, -0.2) is 79.1 Å². The zero-order valence-corrected chi connectivity index (χ0v) is 24.6. The maximum absolute atomic E-state index is 14.1. The number of methoxy groups -OCH3 is 2. The maximum Gasteiger partial charge on any atom is 0.416 e. The van der Waals surface area contributed by atoms with Crippen LogP contribution in [-0.2, 0) is 17.4 Å². The number of hydrogen-bond donors (Lipinski definition) is 3. The van der Waals surface area contributed by atoms with Crippen LogP contribution in [0.5, 0.6) is 17.2 Å². The number of amides is 2. The highest BCUT2D eigenvalue weighted by molar-refractivity contribution is 5.97. The summed E-state index contributed by atoms with van der Waals surface area (Å²) in [5.74, 6) is -0.270. The van der Waals surface area contributed by atoms with E-state index in [1.54, 1.807) is 42.5 Å². The lowest BCUT2D eigenvalue weighted by Crippen LogP contribution is -2.56. The molecule has 9 nitrogen and oxygen atoms in total. The van der Waals surface area contributed by atoms with Crippen molar-refractivity contribution in [3.8, 4) is 17.2 Å². The van der Waals surface area contributed by atoms with Crippen LogP contribution in [0.1, 0.15) is 33.0 Å². The highest BCUT2D eigenvalue weighted by Gasteiger charge is 2.50. The average Bonchev–Trinajstić information content (AvgIpc) is 3.44. The van der Waals surface area contributed by atoms with Gasteiger partial charge in [0.05, 0.1) is 38.3 Å². The Labute approximate surface area is 257 Å². The van der Waals surface area contributed by atoms with E-state index in [1.807, 2.05) is 0 Å². The van der Waals surface area contributed by atoms with E-state index in [-0.39, 0.29) is 37.3 Å². The number of carbonyl (C=O) groups excluding carboxylic acids is 2. The molecule has 3 aromatic carbocycles. The molecule has 1 heterocycles. The Morgan fingerprint density at radius 3 is 2.42 bits per heavy atom. The number of alkyl halides is 3. The first kappa shape index (κ1) is 31.9. The number of hydrogen-bond acceptors (Lipinski definition) is 7. The number of carbonyl (C=O) groups is 2. The lowest BCUT2D eigenvalue weighted by molar-refractivity contribution is -0.137. The quantitative estimate of drug-likeness (QED) is 0.314. The van der Waals surface area contributed by atoms with Gasteiger partial charge in [-0.1, -0.05) is 18.2 Å². The first-order valence-corrected chi connectivity index (χ1v) is 14.3. The molecule has 0 saturated heterocycles. The lowest BCUT2D eigenvalue weighted by Gasteiger charge is -2.41. The fraction of sp³-hybridized carbons (Fsp3) is 0.333. The van der Waals surface area contributed by atoms with E-state index in [9.17, 15) is 33.0 Å². The van der Waals surface area contributed by atoms with Crippen molar-refractivity contribution >= 4 is 11.8 Å². The van der Waals surface area contributed by atoms with E-state index in [0.29, 0.717) is 28.4 Å². The summed E-state index contributed by atoms with van der Waals surface area (Å²) in [5.41, 5.74) is 0.655. The number of ether oxygens (including phenoxy) is 3. The summed E-state index contributed by atoms with van der Waals surface area (Å²) in [5, 5.41) is 23.7. The lowest BCUT2D eigenvalue weighted by atomic mass is 9.77. The van der Waals surface area contributed by atoms with Crippen LogP contribution in [0.3, 0.4) is 0 Å². The van der Waals surface area contributed by atoms with E-state index in [1.165, 1.54) is 25.2 Å². The second-order valence-corrected chi connectivity index (χ2v) is 10.7. The van der Waals surface area contributed by atoms with Gasteiger partial charge in [0.2, 0.25) is 5.91 Å². The van der Waals surface area contributed by atoms with Crippen molar-refractivity contribution in [1.29, 1.82) is 0 Å². The molecule has 5 rings (SSSR count). The normalized spacial score (nSPS) is 20.3. The number of benzene rings is 3. The third-order valence-corrected chi connectivity index (χ3v) is 8.07. The molecule has 3 aromatic rings. The van der Waals surface area contributed by atoms with Gasteiger partial charge in [-0.3, -0.25) is 9.59 Å². The average molecular weight is 627 g/mol. The van der Waals surface area contributed by atoms with Crippen LogP contribution in [0.25, 0.3) is 0 Å². The third kappa shape index (κ3) is 6.47. The SMILES string of the molecule is COc1ccc(OC)c(CCN(C(=O)c2ccc(C(F)(F)F)cc2)C2C=C(C(=O)NCCO)C3c4ccccc4OC3C2O)c1. The minimum Gasteiger partial charge on any atom is -0.497 e. The number of aliphatic hydroxyl groups excluding tert-OH is 2. The smallest absolute Gasteiger partial charge is 0.416 e. The van der Waals surface area contributed by atoms with Crippen molar-refractivity contribution in [2.75, 3.05) is 33.9 Å². The number of para-hydroxylation sites is 1. The molecule has 3 N–H and O–H groups in total. The van der Waals surface area contributed by atoms with Crippen molar-refractivity contribution in [2.45, 2.75) is 36.8 Å². The first-order valence-electron chi connectivity index (χ1n) is 14.3. The largest absolute Gasteiger partial charge is 0.497 e. The Balaban J connectivity index is 1.57. The molecule has 1 aliphatic carbocycles. The van der Waals surface area contributed by atoms with Gasteiger partial charge < -0.3 is 34.6 Å². The summed E-state index contributed by atoms with van der Waals surface area (Å²) in [4.78, 5) is 28.8. The van der Waals surface area contributed by atoms with Crippen LogP contribution in [0.4, 0.5) is 13.2 Å². The second kappa shape index (κ2) is 13.2. The Morgan fingerprint density at radius 1 is 1.02 bits per heavy atom. The van der Waals surface area contributed by atoms with Crippen LogP contribution in [0, 0.1) is 0 Å². The fourth-order valence-corrected chi connectivity index (χ4v) is 5.86. The Kier molecular flexibility index (Phi) is 9.35. The summed E-state index contributed by atoms with van der Waals surface area (Å²) in [7, 11) is 3.01. The van der Waals surface area contributed by atoms with Crippen LogP contribution in [0.15, 0.2) is 78.4 Å². The van der Waals surface area contributed by atoms with Gasteiger partial charge in [-0.15, -0.1) is 0 Å². The molecule has 4 unspecified atom stereocenters. The monoisotopic (exact) mass is 626 g/mol. The van der Waals surface area contributed by atoms with Gasteiger partial charge >= 0.3 is 6.18 Å². The number of nitrogens with one attached hydrogen (secondary N) is 1. The Hall–Kier alpha value is -4.55. The van der Waals surface area contributed by atoms with E-state index < -0.39 is 47.7 Å². The van der Waals surface area contributed by atoms with Gasteiger partial charge in [-0.2, -0.15) is 13.2 Å². The van der Waals surface area contributed by atoms with Crippen molar-refractivity contribution in [3.05, 3.63) is 101 Å². The number of halogens is 3. The van der Waals surface area contributed by atoms with Gasteiger partial charge in [-0.05, 0) is 66.6 Å². The van der Waals surface area contributed by atoms with Gasteiger partial charge in [0.25, 0.3) is 5.91 Å². The Morgan fingerprint density at radius 2 is 1.76 bits per heavy atom. The molecular formula is C33H33F3N2O7. The Bertz CT molecular complexity index is 1580. The third-order valence-electron chi connectivity index (χ3n) is 8.07. The minimum atomic E-state index is -4.59. The molecule has 238 valence electrons. The molecule has 0 fully saturated rings. The van der Waals surface area contributed by atoms with Crippen LogP contribution >= 0.6 is 0 Å². The molecule has 1 aliphatic heterocycles. The molecule has 2 amide bonds. The van der Waals surface area contributed by atoms with Gasteiger partial charge in [-0.25, -0.2) is 0 Å². The van der Waals surface area contributed by atoms with Crippen molar-refractivity contribution in [2.24, 2.45) is 0 Å². The molecule has 0 radical (unpaired) electrons. The molecule has 0 spiro atoms. The molecule has 0 bridgehead atoms. The summed E-state index contributed by atoms with van der Waals surface area (Å²) < 4.78 is 56.8. The fourth-order valence-electron chi connectivity index (χ4n) is 5.86. The zero-order valence-electron chi connectivity index (χ0n) is 24.6. The molecule has 45 heavy (non-hydrogen) atoms. The molecule has 0 aromatic heterocycles. The number of rotatable bonds is 10. The summed E-state index contributed by atoms with van der Waals surface area (Å²) in [6.45, 7) is -0.336. The number of aliphatic hydroxyl groups is 2. The van der Waals surface area contributed by atoms with Gasteiger partial charge in [0, 0.05) is 29.8 Å². The van der Waals surface area contributed by atoms with Crippen molar-refractivity contribution in [1.82, 2.24) is 10.2 Å². The first-order chi connectivity index (χ1) is 21.6. The van der Waals surface area contributed by atoms with E-state index in [0.717, 1.165) is 24.3 Å².